The molecule has 0 amide bonds. The number of quaternary nitrogens is 1. The average molecular weight is 142 g/mol. The standard InChI is InChI=1S/C8H15NO/c1-2-4-8-7(3-1)9-5-6-10-8/h7-9H,1-6H2/p+1/t7-,8-/m1/s1. The van der Waals surface area contributed by atoms with Crippen molar-refractivity contribution in [2.75, 3.05) is 13.2 Å². The van der Waals surface area contributed by atoms with Crippen LogP contribution in [-0.4, -0.2) is 25.3 Å². The van der Waals surface area contributed by atoms with E-state index in [4.69, 9.17) is 4.74 Å². The third kappa shape index (κ3) is 1.18. The van der Waals surface area contributed by atoms with Crippen LogP contribution in [0.15, 0.2) is 0 Å². The maximum absolute atomic E-state index is 5.65. The molecule has 1 heterocycles. The molecule has 2 aliphatic rings. The van der Waals surface area contributed by atoms with Gasteiger partial charge in [0.1, 0.15) is 12.1 Å². The summed E-state index contributed by atoms with van der Waals surface area (Å²) in [5.41, 5.74) is 0. The molecule has 2 nitrogen and oxygen atoms in total. The Morgan fingerprint density at radius 1 is 1.20 bits per heavy atom. The smallest absolute Gasteiger partial charge is 0.112 e. The third-order valence-corrected chi connectivity index (χ3v) is 2.67. The van der Waals surface area contributed by atoms with Crippen LogP contribution in [-0.2, 0) is 4.74 Å². The summed E-state index contributed by atoms with van der Waals surface area (Å²) in [5.74, 6) is 0. The number of hydrogen-bond acceptors (Lipinski definition) is 1. The Bertz CT molecular complexity index is 89.8. The highest BCUT2D eigenvalue weighted by molar-refractivity contribution is 4.75. The zero-order valence-corrected chi connectivity index (χ0v) is 6.38. The molecule has 10 heavy (non-hydrogen) atoms. The molecule has 2 atom stereocenters. The Balaban J connectivity index is 1.93. The van der Waals surface area contributed by atoms with Gasteiger partial charge in [-0.25, -0.2) is 0 Å². The monoisotopic (exact) mass is 142 g/mol. The van der Waals surface area contributed by atoms with Gasteiger partial charge < -0.3 is 10.1 Å². The summed E-state index contributed by atoms with van der Waals surface area (Å²) in [6.07, 6.45) is 6.09. The van der Waals surface area contributed by atoms with E-state index in [9.17, 15) is 0 Å². The Hall–Kier alpha value is -0.0800. The van der Waals surface area contributed by atoms with Gasteiger partial charge >= 0.3 is 0 Å². The minimum Gasteiger partial charge on any atom is -0.366 e. The second-order valence-electron chi connectivity index (χ2n) is 3.38. The lowest BCUT2D eigenvalue weighted by Gasteiger charge is -2.33. The van der Waals surface area contributed by atoms with Crippen LogP contribution in [0, 0.1) is 0 Å². The van der Waals surface area contributed by atoms with E-state index in [1.165, 1.54) is 32.2 Å². The number of morpholine rings is 1. The molecule has 0 bridgehead atoms. The molecular formula is C8H16NO+. The summed E-state index contributed by atoms with van der Waals surface area (Å²) in [5, 5.41) is 2.47. The minimum absolute atomic E-state index is 0.600. The first kappa shape index (κ1) is 6.62. The van der Waals surface area contributed by atoms with Gasteiger partial charge in [0.2, 0.25) is 0 Å². The summed E-state index contributed by atoms with van der Waals surface area (Å²) in [4.78, 5) is 0. The Kier molecular flexibility index (Phi) is 1.91. The van der Waals surface area contributed by atoms with Gasteiger partial charge in [-0.05, 0) is 12.8 Å². The molecule has 2 heteroatoms. The fraction of sp³-hybridized carbons (Fsp3) is 1.00. The van der Waals surface area contributed by atoms with Gasteiger partial charge in [-0.15, -0.1) is 0 Å². The molecule has 2 N–H and O–H groups in total. The molecule has 0 spiro atoms. The highest BCUT2D eigenvalue weighted by atomic mass is 16.5. The van der Waals surface area contributed by atoms with E-state index < -0.39 is 0 Å². The van der Waals surface area contributed by atoms with Crippen LogP contribution in [0.4, 0.5) is 0 Å². The molecule has 1 aliphatic heterocycles. The molecule has 0 unspecified atom stereocenters. The molecule has 0 radical (unpaired) electrons. The van der Waals surface area contributed by atoms with Crippen LogP contribution in [0.2, 0.25) is 0 Å². The van der Waals surface area contributed by atoms with E-state index in [0.717, 1.165) is 12.6 Å². The first-order chi connectivity index (χ1) is 4.97. The molecule has 58 valence electrons. The van der Waals surface area contributed by atoms with Crippen molar-refractivity contribution in [2.24, 2.45) is 0 Å². The van der Waals surface area contributed by atoms with Crippen molar-refractivity contribution >= 4 is 0 Å². The van der Waals surface area contributed by atoms with Gasteiger partial charge in [-0.3, -0.25) is 0 Å². The number of fused-ring (bicyclic) bond motifs is 1. The van der Waals surface area contributed by atoms with Crippen LogP contribution in [0.5, 0.6) is 0 Å². The van der Waals surface area contributed by atoms with E-state index in [2.05, 4.69) is 5.32 Å². The van der Waals surface area contributed by atoms with Crippen LogP contribution < -0.4 is 5.32 Å². The zero-order valence-electron chi connectivity index (χ0n) is 6.38. The zero-order chi connectivity index (χ0) is 6.81. The Morgan fingerprint density at radius 3 is 3.00 bits per heavy atom. The normalized spacial score (nSPS) is 40.8. The highest BCUT2D eigenvalue weighted by Gasteiger charge is 2.30. The van der Waals surface area contributed by atoms with Crippen molar-refractivity contribution in [1.82, 2.24) is 0 Å². The topological polar surface area (TPSA) is 25.8 Å². The number of rotatable bonds is 0. The summed E-state index contributed by atoms with van der Waals surface area (Å²) >= 11 is 0. The summed E-state index contributed by atoms with van der Waals surface area (Å²) in [6.45, 7) is 2.16. The van der Waals surface area contributed by atoms with E-state index in [1.807, 2.05) is 0 Å². The second-order valence-corrected chi connectivity index (χ2v) is 3.38. The molecular weight excluding hydrogens is 126 g/mol. The van der Waals surface area contributed by atoms with Crippen LogP contribution in [0.3, 0.4) is 0 Å². The van der Waals surface area contributed by atoms with Gasteiger partial charge in [0.25, 0.3) is 0 Å². The average Bonchev–Trinajstić information content (AvgIpc) is 2.05. The lowest BCUT2D eigenvalue weighted by molar-refractivity contribution is -0.714. The number of ether oxygens (including phenoxy) is 1. The molecule has 2 rings (SSSR count). The van der Waals surface area contributed by atoms with Crippen molar-refractivity contribution < 1.29 is 10.1 Å². The van der Waals surface area contributed by atoms with Gasteiger partial charge in [-0.1, -0.05) is 6.42 Å². The number of nitrogens with two attached hydrogens (primary N) is 1. The Labute approximate surface area is 61.9 Å². The Morgan fingerprint density at radius 2 is 2.10 bits per heavy atom. The van der Waals surface area contributed by atoms with Gasteiger partial charge in [-0.2, -0.15) is 0 Å². The summed E-state index contributed by atoms with van der Waals surface area (Å²) in [7, 11) is 0. The molecule has 0 aromatic rings. The fourth-order valence-electron chi connectivity index (χ4n) is 2.10. The second kappa shape index (κ2) is 2.89. The van der Waals surface area contributed by atoms with Crippen molar-refractivity contribution in [3.63, 3.8) is 0 Å². The highest BCUT2D eigenvalue weighted by Crippen LogP contribution is 2.19. The maximum Gasteiger partial charge on any atom is 0.112 e. The predicted molar refractivity (Wildman–Crippen MR) is 38.8 cm³/mol. The van der Waals surface area contributed by atoms with E-state index in [0.29, 0.717) is 6.10 Å². The first-order valence-electron chi connectivity index (χ1n) is 4.42. The van der Waals surface area contributed by atoms with Crippen molar-refractivity contribution in [3.05, 3.63) is 0 Å². The quantitative estimate of drug-likeness (QED) is 0.502. The van der Waals surface area contributed by atoms with Crippen molar-refractivity contribution in [1.29, 1.82) is 0 Å². The van der Waals surface area contributed by atoms with E-state index in [1.54, 1.807) is 0 Å². The van der Waals surface area contributed by atoms with E-state index >= 15 is 0 Å². The molecule has 2 fully saturated rings. The lowest BCUT2D eigenvalue weighted by atomic mass is 9.92. The first-order valence-corrected chi connectivity index (χ1v) is 4.42. The molecule has 1 saturated carbocycles. The number of hydrogen-bond donors (Lipinski definition) is 1. The van der Waals surface area contributed by atoms with Gasteiger partial charge in [0.05, 0.1) is 13.2 Å². The maximum atomic E-state index is 5.65. The molecule has 1 saturated heterocycles. The van der Waals surface area contributed by atoms with Gasteiger partial charge in [0.15, 0.2) is 0 Å². The van der Waals surface area contributed by atoms with Crippen molar-refractivity contribution in [3.8, 4) is 0 Å². The van der Waals surface area contributed by atoms with Crippen LogP contribution in [0.25, 0.3) is 0 Å². The summed E-state index contributed by atoms with van der Waals surface area (Å²) < 4.78 is 5.65. The third-order valence-electron chi connectivity index (χ3n) is 2.67. The molecule has 1 aliphatic carbocycles. The van der Waals surface area contributed by atoms with E-state index in [-0.39, 0.29) is 0 Å². The lowest BCUT2D eigenvalue weighted by Crippen LogP contribution is -2.95. The molecule has 0 aromatic heterocycles. The largest absolute Gasteiger partial charge is 0.366 e. The van der Waals surface area contributed by atoms with Crippen LogP contribution in [0.1, 0.15) is 25.7 Å². The molecule has 0 aromatic carbocycles. The summed E-state index contributed by atoms with van der Waals surface area (Å²) in [6, 6.07) is 0.808. The van der Waals surface area contributed by atoms with Crippen LogP contribution >= 0.6 is 0 Å². The SMILES string of the molecule is C1CC[C@H]2OCC[NH2+][C@@H]2C1. The minimum atomic E-state index is 0.600. The fourth-order valence-corrected chi connectivity index (χ4v) is 2.10. The predicted octanol–water partition coefficient (Wildman–Crippen LogP) is -0.109. The van der Waals surface area contributed by atoms with Crippen molar-refractivity contribution in [2.45, 2.75) is 37.8 Å². The van der Waals surface area contributed by atoms with Gasteiger partial charge in [0, 0.05) is 6.42 Å².